The monoisotopic (exact) mass is 468 g/mol. The van der Waals surface area contributed by atoms with E-state index >= 15 is 0 Å². The Morgan fingerprint density at radius 3 is 2.47 bits per heavy atom. The lowest BCUT2D eigenvalue weighted by Crippen LogP contribution is -2.41. The number of phenolic OH excluding ortho intramolecular Hbond substituents is 1. The molecular weight excluding hydrogens is 446 g/mol. The van der Waals surface area contributed by atoms with Crippen LogP contribution in [0.4, 0.5) is 8.78 Å². The van der Waals surface area contributed by atoms with Gasteiger partial charge in [-0.15, -0.1) is 0 Å². The summed E-state index contributed by atoms with van der Waals surface area (Å²) in [5.74, 6) is -2.90. The molecule has 0 fully saturated rings. The molecule has 2 aromatic heterocycles. The maximum absolute atomic E-state index is 13.7. The second kappa shape index (κ2) is 10.5. The molecule has 0 aliphatic heterocycles. The number of carbonyl (C=O) groups excluding carboxylic acids is 1. The van der Waals surface area contributed by atoms with Crippen LogP contribution in [0.5, 0.6) is 5.75 Å². The Morgan fingerprint density at radius 2 is 1.85 bits per heavy atom. The zero-order chi connectivity index (χ0) is 24.8. The Hall–Kier alpha value is -4.34. The van der Waals surface area contributed by atoms with Crippen LogP contribution in [0.2, 0.25) is 0 Å². The van der Waals surface area contributed by atoms with Gasteiger partial charge in [-0.3, -0.25) is 19.1 Å². The molecule has 0 aliphatic rings. The quantitative estimate of drug-likeness (QED) is 0.426. The van der Waals surface area contributed by atoms with Gasteiger partial charge in [0, 0.05) is 6.07 Å². The molecule has 176 valence electrons. The number of halogens is 2. The zero-order valence-corrected chi connectivity index (χ0v) is 18.4. The van der Waals surface area contributed by atoms with Gasteiger partial charge in [0.1, 0.15) is 29.3 Å². The number of hydrogen-bond acceptors (Lipinski definition) is 5. The SMILES string of the molecule is CC(NC(=O)Cn1c(=O)[nH]c2cccc(O)c2c1=O)c1ncc(F)cc1F.Cc1ccccc1. The molecule has 2 aromatic carbocycles. The minimum Gasteiger partial charge on any atom is -0.507 e. The summed E-state index contributed by atoms with van der Waals surface area (Å²) >= 11 is 0. The Labute approximate surface area is 192 Å². The fourth-order valence-corrected chi connectivity index (χ4v) is 3.20. The van der Waals surface area contributed by atoms with Crippen LogP contribution in [0.15, 0.2) is 70.4 Å². The Balaban J connectivity index is 0.000000396. The molecule has 1 unspecified atom stereocenters. The molecule has 0 radical (unpaired) electrons. The summed E-state index contributed by atoms with van der Waals surface area (Å²) in [6.07, 6.45) is 0.808. The number of hydrogen-bond donors (Lipinski definition) is 3. The molecule has 4 rings (SSSR count). The molecule has 3 N–H and O–H groups in total. The fourth-order valence-electron chi connectivity index (χ4n) is 3.20. The Bertz CT molecular complexity index is 1430. The van der Waals surface area contributed by atoms with Crippen molar-refractivity contribution in [2.45, 2.75) is 26.4 Å². The van der Waals surface area contributed by atoms with Crippen molar-refractivity contribution in [1.29, 1.82) is 0 Å². The molecule has 0 saturated carbocycles. The van der Waals surface area contributed by atoms with Gasteiger partial charge in [-0.05, 0) is 26.0 Å². The summed E-state index contributed by atoms with van der Waals surface area (Å²) in [7, 11) is 0. The topological polar surface area (TPSA) is 117 Å². The number of pyridine rings is 1. The summed E-state index contributed by atoms with van der Waals surface area (Å²) in [4.78, 5) is 42.7. The molecule has 4 aromatic rings. The molecule has 1 amide bonds. The first-order valence-corrected chi connectivity index (χ1v) is 10.2. The third kappa shape index (κ3) is 5.71. The van der Waals surface area contributed by atoms with Crippen molar-refractivity contribution in [2.24, 2.45) is 0 Å². The van der Waals surface area contributed by atoms with Gasteiger partial charge in [-0.2, -0.15) is 0 Å². The van der Waals surface area contributed by atoms with Crippen LogP contribution in [0.1, 0.15) is 24.2 Å². The highest BCUT2D eigenvalue weighted by molar-refractivity contribution is 5.84. The first-order valence-electron chi connectivity index (χ1n) is 10.2. The molecule has 8 nitrogen and oxygen atoms in total. The van der Waals surface area contributed by atoms with Gasteiger partial charge < -0.3 is 15.4 Å². The number of aromatic amines is 1. The number of aromatic hydroxyl groups is 1. The van der Waals surface area contributed by atoms with E-state index in [9.17, 15) is 28.3 Å². The minimum absolute atomic E-state index is 0.132. The van der Waals surface area contributed by atoms with Crippen LogP contribution in [0.3, 0.4) is 0 Å². The molecule has 0 bridgehead atoms. The van der Waals surface area contributed by atoms with Crippen molar-refractivity contribution in [1.82, 2.24) is 19.9 Å². The maximum atomic E-state index is 13.7. The van der Waals surface area contributed by atoms with Crippen LogP contribution >= 0.6 is 0 Å². The number of nitrogens with one attached hydrogen (secondary N) is 2. The van der Waals surface area contributed by atoms with Gasteiger partial charge in [0.2, 0.25) is 5.91 Å². The van der Waals surface area contributed by atoms with E-state index in [4.69, 9.17) is 0 Å². The van der Waals surface area contributed by atoms with E-state index in [1.807, 2.05) is 18.2 Å². The summed E-state index contributed by atoms with van der Waals surface area (Å²) in [5, 5.41) is 12.1. The number of benzene rings is 2. The van der Waals surface area contributed by atoms with Crippen molar-refractivity contribution in [2.75, 3.05) is 0 Å². The number of carbonyl (C=O) groups is 1. The number of rotatable bonds is 4. The number of aromatic nitrogens is 3. The van der Waals surface area contributed by atoms with Crippen molar-refractivity contribution in [3.05, 3.63) is 105 Å². The molecule has 0 spiro atoms. The third-order valence-corrected chi connectivity index (χ3v) is 4.85. The first kappa shape index (κ1) is 24.3. The van der Waals surface area contributed by atoms with Gasteiger partial charge in [0.15, 0.2) is 0 Å². The van der Waals surface area contributed by atoms with Crippen molar-refractivity contribution < 1.29 is 18.7 Å². The standard InChI is InChI=1S/C17H14F2N4O4.C7H8/c1-8(15-10(19)5-9(18)6-20-15)21-13(25)7-23-16(26)14-11(22-17(23)27)3-2-4-12(14)24;1-7-5-3-2-4-6-7/h2-6,8,24H,7H2,1H3,(H,21,25)(H,22,27);2-6H,1H3. The first-order chi connectivity index (χ1) is 16.2. The van der Waals surface area contributed by atoms with E-state index in [1.165, 1.54) is 30.7 Å². The van der Waals surface area contributed by atoms with E-state index < -0.39 is 41.4 Å². The molecule has 10 heteroatoms. The summed E-state index contributed by atoms with van der Waals surface area (Å²) in [5.41, 5.74) is -0.426. The van der Waals surface area contributed by atoms with E-state index in [0.717, 1.165) is 6.20 Å². The van der Waals surface area contributed by atoms with E-state index in [-0.39, 0.29) is 22.3 Å². The highest BCUT2D eigenvalue weighted by atomic mass is 19.1. The number of fused-ring (bicyclic) bond motifs is 1. The van der Waals surface area contributed by atoms with Crippen LogP contribution in [-0.2, 0) is 11.3 Å². The molecule has 34 heavy (non-hydrogen) atoms. The summed E-state index contributed by atoms with van der Waals surface area (Å²) in [6.45, 7) is 2.84. The van der Waals surface area contributed by atoms with Gasteiger partial charge >= 0.3 is 5.69 Å². The largest absolute Gasteiger partial charge is 0.507 e. The predicted molar refractivity (Wildman–Crippen MR) is 122 cm³/mol. The lowest BCUT2D eigenvalue weighted by Gasteiger charge is -2.14. The minimum atomic E-state index is -0.937. The van der Waals surface area contributed by atoms with Crippen LogP contribution in [0.25, 0.3) is 10.9 Å². The van der Waals surface area contributed by atoms with Crippen LogP contribution in [0, 0.1) is 18.6 Å². The summed E-state index contributed by atoms with van der Waals surface area (Å²) in [6, 6.07) is 14.1. The lowest BCUT2D eigenvalue weighted by molar-refractivity contribution is -0.122. The number of H-pyrrole nitrogens is 1. The molecule has 0 saturated heterocycles. The average Bonchev–Trinajstić information content (AvgIpc) is 2.77. The lowest BCUT2D eigenvalue weighted by atomic mass is 10.2. The van der Waals surface area contributed by atoms with Gasteiger partial charge in [0.05, 0.1) is 23.4 Å². The second-order valence-electron chi connectivity index (χ2n) is 7.49. The van der Waals surface area contributed by atoms with E-state index in [2.05, 4.69) is 34.3 Å². The van der Waals surface area contributed by atoms with Gasteiger partial charge in [-0.25, -0.2) is 13.6 Å². The number of aryl methyl sites for hydroxylation is 1. The van der Waals surface area contributed by atoms with Crippen molar-refractivity contribution in [3.63, 3.8) is 0 Å². The third-order valence-electron chi connectivity index (χ3n) is 4.85. The Kier molecular flexibility index (Phi) is 7.52. The number of nitrogens with zero attached hydrogens (tertiary/aromatic N) is 2. The predicted octanol–water partition coefficient (Wildman–Crippen LogP) is 2.94. The Morgan fingerprint density at radius 1 is 1.15 bits per heavy atom. The normalized spacial score (nSPS) is 11.4. The van der Waals surface area contributed by atoms with Crippen LogP contribution in [-0.4, -0.2) is 25.5 Å². The maximum Gasteiger partial charge on any atom is 0.329 e. The molecule has 1 atom stereocenters. The second-order valence-corrected chi connectivity index (χ2v) is 7.49. The molecular formula is C24H22F2N4O4. The van der Waals surface area contributed by atoms with Gasteiger partial charge in [0.25, 0.3) is 5.56 Å². The van der Waals surface area contributed by atoms with Gasteiger partial charge in [-0.1, -0.05) is 42.0 Å². The smallest absolute Gasteiger partial charge is 0.329 e. The fraction of sp³-hybridized carbons (Fsp3) is 0.167. The average molecular weight is 468 g/mol. The number of phenols is 1. The van der Waals surface area contributed by atoms with Crippen LogP contribution < -0.4 is 16.6 Å². The highest BCUT2D eigenvalue weighted by Gasteiger charge is 2.18. The van der Waals surface area contributed by atoms with E-state index in [0.29, 0.717) is 10.6 Å². The van der Waals surface area contributed by atoms with Crippen molar-refractivity contribution >= 4 is 16.8 Å². The highest BCUT2D eigenvalue weighted by Crippen LogP contribution is 2.18. The van der Waals surface area contributed by atoms with Crippen molar-refractivity contribution in [3.8, 4) is 5.75 Å². The molecule has 2 heterocycles. The summed E-state index contributed by atoms with van der Waals surface area (Å²) < 4.78 is 27.3. The number of amides is 1. The molecule has 0 aliphatic carbocycles. The van der Waals surface area contributed by atoms with E-state index in [1.54, 1.807) is 0 Å². The zero-order valence-electron chi connectivity index (χ0n) is 18.4.